The summed E-state index contributed by atoms with van der Waals surface area (Å²) >= 11 is 5.85. The molecule has 2 aromatic carbocycles. The van der Waals surface area contributed by atoms with Crippen LogP contribution in [-0.2, 0) is 20.0 Å². The van der Waals surface area contributed by atoms with E-state index in [0.717, 1.165) is 29.8 Å². The Kier molecular flexibility index (Phi) is 15.3. The van der Waals surface area contributed by atoms with Crippen molar-refractivity contribution in [2.24, 2.45) is 17.6 Å². The van der Waals surface area contributed by atoms with E-state index >= 15 is 0 Å². The maximum atomic E-state index is 13.1. The molecular formula is C35H45N13O4S6. The molecule has 0 bridgehead atoms. The van der Waals surface area contributed by atoms with Crippen LogP contribution >= 0.6 is 46.2 Å². The fourth-order valence-electron chi connectivity index (χ4n) is 5.19. The van der Waals surface area contributed by atoms with Crippen molar-refractivity contribution in [3.8, 4) is 0 Å². The van der Waals surface area contributed by atoms with Crippen molar-refractivity contribution in [3.05, 3.63) is 61.2 Å². The summed E-state index contributed by atoms with van der Waals surface area (Å²) < 4.78 is 57.8. The lowest BCUT2D eigenvalue weighted by Crippen LogP contribution is -2.29. The molecule has 0 radical (unpaired) electrons. The van der Waals surface area contributed by atoms with Gasteiger partial charge in [0.15, 0.2) is 10.3 Å². The average molecular weight is 904 g/mol. The van der Waals surface area contributed by atoms with E-state index in [1.165, 1.54) is 40.5 Å². The normalized spacial score (nSPS) is 13.1. The van der Waals surface area contributed by atoms with Crippen molar-refractivity contribution in [3.63, 3.8) is 0 Å². The molecule has 0 fully saturated rings. The Morgan fingerprint density at radius 2 is 1.10 bits per heavy atom. The maximum absolute atomic E-state index is 13.1. The molecule has 0 aliphatic rings. The zero-order valence-electron chi connectivity index (χ0n) is 31.9. The van der Waals surface area contributed by atoms with Crippen LogP contribution in [0.3, 0.4) is 0 Å². The van der Waals surface area contributed by atoms with E-state index in [-0.39, 0.29) is 41.3 Å². The predicted octanol–water partition coefficient (Wildman–Crippen LogP) is 4.84. The summed E-state index contributed by atoms with van der Waals surface area (Å²) in [6, 6.07) is 9.80. The topological polar surface area (TPSA) is 244 Å². The number of nitrogens with zero attached hydrogens (tertiary/aromatic N) is 6. The second-order valence-electron chi connectivity index (χ2n) is 13.2. The van der Waals surface area contributed by atoms with Crippen LogP contribution in [0.25, 0.3) is 20.4 Å². The van der Waals surface area contributed by atoms with Gasteiger partial charge in [-0.2, -0.15) is 0 Å². The lowest BCUT2D eigenvalue weighted by molar-refractivity contribution is 0.581. The number of hydrogen-bond acceptors (Lipinski definition) is 19. The Balaban J connectivity index is 0.890. The zero-order valence-corrected chi connectivity index (χ0v) is 36.8. The van der Waals surface area contributed by atoms with E-state index in [9.17, 15) is 16.8 Å². The summed E-state index contributed by atoms with van der Waals surface area (Å²) in [5, 5.41) is 14.6. The summed E-state index contributed by atoms with van der Waals surface area (Å²) in [5.74, 6) is 2.02. The first-order valence-corrected chi connectivity index (χ1v) is 25.0. The molecule has 2 unspecified atom stereocenters. The second-order valence-corrected chi connectivity index (χ2v) is 20.8. The molecule has 310 valence electrons. The van der Waals surface area contributed by atoms with Gasteiger partial charge >= 0.3 is 0 Å². The SMILES string of the molecule is CSc1cnc(NCC(C)CNc2nc3ccc(S(=O)(=O)NCCSc4cnc(NCC(C)CNc5nc6ccc(S(=O)(=O)NCCN)cc6s5)nc4)cc3s2)nc1. The van der Waals surface area contributed by atoms with Crippen LogP contribution in [0.1, 0.15) is 13.8 Å². The van der Waals surface area contributed by atoms with Crippen molar-refractivity contribution < 1.29 is 16.8 Å². The minimum Gasteiger partial charge on any atom is -0.361 e. The van der Waals surface area contributed by atoms with E-state index in [1.807, 2.05) is 6.26 Å². The van der Waals surface area contributed by atoms with Gasteiger partial charge in [-0.1, -0.05) is 36.5 Å². The van der Waals surface area contributed by atoms with Crippen LogP contribution < -0.4 is 36.4 Å². The molecule has 23 heteroatoms. The van der Waals surface area contributed by atoms with Crippen LogP contribution in [0.2, 0.25) is 0 Å². The van der Waals surface area contributed by atoms with Gasteiger partial charge in [-0.15, -0.1) is 23.5 Å². The number of rotatable bonds is 23. The fraction of sp³-hybridized carbons (Fsp3) is 0.371. The van der Waals surface area contributed by atoms with Crippen LogP contribution in [0.15, 0.2) is 80.8 Å². The van der Waals surface area contributed by atoms with E-state index in [2.05, 4.69) is 74.5 Å². The lowest BCUT2D eigenvalue weighted by atomic mass is 10.2. The Hall–Kier alpha value is -3.94. The van der Waals surface area contributed by atoms with Crippen LogP contribution in [0.4, 0.5) is 22.2 Å². The van der Waals surface area contributed by atoms with E-state index in [0.29, 0.717) is 54.5 Å². The molecule has 6 aromatic rings. The van der Waals surface area contributed by atoms with E-state index in [4.69, 9.17) is 5.73 Å². The summed E-state index contributed by atoms with van der Waals surface area (Å²) in [6.07, 6.45) is 8.98. The van der Waals surface area contributed by atoms with Gasteiger partial charge in [0.1, 0.15) is 0 Å². The monoisotopic (exact) mass is 903 g/mol. The number of thioether (sulfide) groups is 2. The predicted molar refractivity (Wildman–Crippen MR) is 238 cm³/mol. The average Bonchev–Trinajstić information content (AvgIpc) is 3.85. The molecule has 4 heterocycles. The highest BCUT2D eigenvalue weighted by atomic mass is 32.2. The lowest BCUT2D eigenvalue weighted by Gasteiger charge is -2.13. The van der Waals surface area contributed by atoms with Gasteiger partial charge in [0.05, 0.1) is 30.2 Å². The van der Waals surface area contributed by atoms with Crippen molar-refractivity contribution in [2.45, 2.75) is 33.4 Å². The van der Waals surface area contributed by atoms with Crippen molar-refractivity contribution in [1.29, 1.82) is 0 Å². The molecule has 0 spiro atoms. The number of nitrogens with one attached hydrogen (secondary N) is 6. The Morgan fingerprint density at radius 3 is 1.57 bits per heavy atom. The molecule has 0 saturated heterocycles. The third-order valence-corrected chi connectivity index (χ3v) is 14.9. The molecule has 0 amide bonds. The van der Waals surface area contributed by atoms with Gasteiger partial charge in [-0.3, -0.25) is 0 Å². The number of aromatic nitrogens is 6. The number of hydrogen-bond donors (Lipinski definition) is 7. The highest BCUT2D eigenvalue weighted by Gasteiger charge is 2.17. The molecule has 58 heavy (non-hydrogen) atoms. The molecule has 0 aliphatic heterocycles. The van der Waals surface area contributed by atoms with Gasteiger partial charge in [0, 0.05) is 86.1 Å². The standard InChI is InChI=1S/C35H45N13O4S6/c1-22(14-37-32-39-18-24(53-3)19-40-32)16-43-35-48-29-7-5-27(13-31(29)56-35)58(51,52)46-10-11-54-25-20-41-33(42-21-25)38-15-23(2)17-44-34-47-28-6-4-26(12-30(28)55-34)57(49,50)45-9-8-36/h4-7,12-13,18-23,45-46H,8-11,14-17,36H2,1-3H3,(H,43,48)(H,44,47)(H,37,39,40)(H,38,41,42). The first kappa shape index (κ1) is 43.6. The maximum Gasteiger partial charge on any atom is 0.240 e. The van der Waals surface area contributed by atoms with Crippen molar-refractivity contribution in [2.75, 3.05) is 79.1 Å². The highest BCUT2D eigenvalue weighted by Crippen LogP contribution is 2.30. The molecule has 8 N–H and O–H groups in total. The largest absolute Gasteiger partial charge is 0.361 e. The molecular weight excluding hydrogens is 859 g/mol. The smallest absolute Gasteiger partial charge is 0.240 e. The van der Waals surface area contributed by atoms with Gasteiger partial charge in [0.2, 0.25) is 31.9 Å². The van der Waals surface area contributed by atoms with Crippen molar-refractivity contribution >= 4 is 109 Å². The molecule has 2 atom stereocenters. The first-order chi connectivity index (χ1) is 27.9. The molecule has 4 aromatic heterocycles. The Morgan fingerprint density at radius 1 is 0.655 bits per heavy atom. The van der Waals surface area contributed by atoms with Gasteiger partial charge in [-0.25, -0.2) is 56.2 Å². The van der Waals surface area contributed by atoms with E-state index < -0.39 is 20.0 Å². The third kappa shape index (κ3) is 12.3. The number of benzene rings is 2. The van der Waals surface area contributed by atoms with Gasteiger partial charge < -0.3 is 27.0 Å². The molecule has 0 saturated carbocycles. The first-order valence-electron chi connectivity index (χ1n) is 18.2. The second kappa shape index (κ2) is 20.4. The van der Waals surface area contributed by atoms with Gasteiger partial charge in [0.25, 0.3) is 0 Å². The quantitative estimate of drug-likeness (QED) is 0.0336. The van der Waals surface area contributed by atoms with E-state index in [1.54, 1.807) is 66.9 Å². The zero-order chi connectivity index (χ0) is 41.1. The summed E-state index contributed by atoms with van der Waals surface area (Å²) in [5.41, 5.74) is 6.87. The third-order valence-electron chi connectivity index (χ3n) is 8.35. The molecule has 0 aliphatic carbocycles. The highest BCUT2D eigenvalue weighted by molar-refractivity contribution is 7.99. The molecule has 17 nitrogen and oxygen atoms in total. The van der Waals surface area contributed by atoms with Gasteiger partial charge in [-0.05, 0) is 54.5 Å². The number of fused-ring (bicyclic) bond motifs is 2. The van der Waals surface area contributed by atoms with Crippen LogP contribution in [0.5, 0.6) is 0 Å². The summed E-state index contributed by atoms with van der Waals surface area (Å²) in [7, 11) is -7.35. The minimum absolute atomic E-state index is 0.169. The fourth-order valence-corrected chi connectivity index (χ4v) is 10.4. The number of thiazole rings is 2. The summed E-state index contributed by atoms with van der Waals surface area (Å²) in [4.78, 5) is 28.8. The minimum atomic E-state index is -3.73. The Labute approximate surface area is 354 Å². The van der Waals surface area contributed by atoms with Crippen LogP contribution in [-0.4, -0.2) is 105 Å². The number of sulfonamides is 2. The number of anilines is 4. The number of nitrogens with two attached hydrogens (primary N) is 1. The van der Waals surface area contributed by atoms with Crippen LogP contribution in [0, 0.1) is 11.8 Å². The Bertz CT molecular complexity index is 2490. The molecule has 6 rings (SSSR count). The summed E-state index contributed by atoms with van der Waals surface area (Å²) in [6.45, 7) is 7.38. The van der Waals surface area contributed by atoms with Crippen molar-refractivity contribution in [1.82, 2.24) is 39.3 Å².